The average molecular weight is 502 g/mol. The van der Waals surface area contributed by atoms with Crippen LogP contribution in [0.3, 0.4) is 0 Å². The second-order valence-corrected chi connectivity index (χ2v) is 8.48. The minimum absolute atomic E-state index is 0.292. The molecule has 0 atom stereocenters. The average Bonchev–Trinajstić information content (AvgIpc) is 3.35. The summed E-state index contributed by atoms with van der Waals surface area (Å²) in [7, 11) is 0. The van der Waals surface area contributed by atoms with Crippen LogP contribution in [0.25, 0.3) is 16.6 Å². The highest BCUT2D eigenvalue weighted by molar-refractivity contribution is 5.98. The number of ether oxygens (including phenoxy) is 1. The van der Waals surface area contributed by atoms with Crippen LogP contribution in [-0.4, -0.2) is 54.5 Å². The Morgan fingerprint density at radius 2 is 1.86 bits per heavy atom. The van der Waals surface area contributed by atoms with Crippen LogP contribution in [0.2, 0.25) is 0 Å². The van der Waals surface area contributed by atoms with Crippen molar-refractivity contribution in [3.8, 4) is 11.6 Å². The number of fused-ring (bicyclic) bond motifs is 2. The maximum Gasteiger partial charge on any atom is 0.284 e. The molecule has 3 N–H and O–H groups in total. The zero-order valence-corrected chi connectivity index (χ0v) is 19.5. The molecule has 3 aromatic heterocycles. The van der Waals surface area contributed by atoms with E-state index in [1.54, 1.807) is 29.2 Å². The first kappa shape index (κ1) is 22.5. The van der Waals surface area contributed by atoms with Crippen LogP contribution in [0.5, 0.6) is 11.6 Å². The van der Waals surface area contributed by atoms with E-state index in [1.807, 2.05) is 37.3 Å². The molecule has 5 aromatic rings. The molecule has 0 unspecified atom stereocenters. The maximum atomic E-state index is 13.4. The van der Waals surface area contributed by atoms with Gasteiger partial charge in [-0.3, -0.25) is 4.40 Å². The highest BCUT2D eigenvalue weighted by Crippen LogP contribution is 2.30. The van der Waals surface area contributed by atoms with Crippen LogP contribution in [0.15, 0.2) is 66.4 Å². The summed E-state index contributed by atoms with van der Waals surface area (Å²) in [6, 6.07) is 12.8. The number of nitrogens with zero attached hydrogens (tertiary/aromatic N) is 7. The number of anilines is 3. The molecule has 1 aliphatic rings. The summed E-state index contributed by atoms with van der Waals surface area (Å²) in [5, 5.41) is 17.6. The molecule has 1 aliphatic heterocycles. The number of rotatable bonds is 5. The van der Waals surface area contributed by atoms with Crippen molar-refractivity contribution in [1.29, 1.82) is 0 Å². The van der Waals surface area contributed by atoms with Gasteiger partial charge in [-0.1, -0.05) is 0 Å². The maximum absolute atomic E-state index is 13.4. The summed E-state index contributed by atoms with van der Waals surface area (Å²) in [6.45, 7) is 0.903. The van der Waals surface area contributed by atoms with Crippen molar-refractivity contribution in [1.82, 2.24) is 34.9 Å². The third kappa shape index (κ3) is 4.78. The van der Waals surface area contributed by atoms with Gasteiger partial charge in [0.15, 0.2) is 11.6 Å². The van der Waals surface area contributed by atoms with E-state index in [0.717, 1.165) is 22.2 Å². The summed E-state index contributed by atoms with van der Waals surface area (Å²) in [6.07, 6.45) is 4.63. The Morgan fingerprint density at radius 3 is 2.70 bits per heavy atom. The van der Waals surface area contributed by atoms with Crippen molar-refractivity contribution < 1.29 is 13.5 Å². The molecule has 0 bridgehead atoms. The Balaban J connectivity index is 1.22. The molecule has 0 fully saturated rings. The fourth-order valence-corrected chi connectivity index (χ4v) is 3.83. The van der Waals surface area contributed by atoms with Crippen molar-refractivity contribution in [3.63, 3.8) is 0 Å². The number of aromatic nitrogens is 6. The Kier molecular flexibility index (Phi) is 5.44. The number of nitrogens with one attached hydrogen (secondary N) is 3. The summed E-state index contributed by atoms with van der Waals surface area (Å²) >= 11 is 0. The lowest BCUT2D eigenvalue weighted by atomic mass is 10.1. The topological polar surface area (TPSA) is 127 Å². The Bertz CT molecular complexity index is 1650. The predicted molar refractivity (Wildman–Crippen MR) is 134 cm³/mol. The lowest BCUT2D eigenvalue weighted by molar-refractivity contribution is 0.0125. The molecule has 0 spiro atoms. The van der Waals surface area contributed by atoms with Crippen molar-refractivity contribution in [3.05, 3.63) is 67.0 Å². The lowest BCUT2D eigenvalue weighted by Gasteiger charge is -2.23. The molecule has 0 aliphatic carbocycles. The molecule has 4 heterocycles. The quantitative estimate of drug-likeness (QED) is 0.328. The van der Waals surface area contributed by atoms with Gasteiger partial charge < -0.3 is 20.7 Å². The monoisotopic (exact) mass is 502 g/mol. The first-order valence-corrected chi connectivity index (χ1v) is 11.3. The van der Waals surface area contributed by atoms with Gasteiger partial charge in [-0.2, -0.15) is 0 Å². The van der Waals surface area contributed by atoms with E-state index in [0.29, 0.717) is 34.7 Å². The third-order valence-electron chi connectivity index (χ3n) is 5.70. The van der Waals surface area contributed by atoms with E-state index in [2.05, 4.69) is 46.1 Å². The number of aliphatic imine (C=N–C) groups is 1. The van der Waals surface area contributed by atoms with E-state index in [-0.39, 0.29) is 0 Å². The van der Waals surface area contributed by atoms with Crippen molar-refractivity contribution in [2.45, 2.75) is 12.8 Å². The minimum Gasteiger partial charge on any atom is -0.439 e. The van der Waals surface area contributed by atoms with Gasteiger partial charge in [-0.15, -0.1) is 10.2 Å². The number of hydrogen-bond acceptors (Lipinski definition) is 10. The Labute approximate surface area is 208 Å². The van der Waals surface area contributed by atoms with Gasteiger partial charge in [-0.05, 0) is 48.9 Å². The predicted octanol–water partition coefficient (Wildman–Crippen LogP) is 3.92. The van der Waals surface area contributed by atoms with E-state index in [9.17, 15) is 8.78 Å². The van der Waals surface area contributed by atoms with Gasteiger partial charge >= 0.3 is 0 Å². The summed E-state index contributed by atoms with van der Waals surface area (Å²) in [5.41, 5.74) is 3.70. The number of aryl methyl sites for hydroxylation is 1. The molecular formula is C24H20F2N10O. The van der Waals surface area contributed by atoms with E-state index >= 15 is 0 Å². The van der Waals surface area contributed by atoms with Crippen molar-refractivity contribution >= 4 is 39.7 Å². The van der Waals surface area contributed by atoms with Gasteiger partial charge in [0, 0.05) is 22.8 Å². The normalized spacial score (nSPS) is 14.7. The van der Waals surface area contributed by atoms with Crippen LogP contribution in [0.1, 0.15) is 5.56 Å². The molecule has 0 saturated heterocycles. The molecule has 2 aromatic carbocycles. The summed E-state index contributed by atoms with van der Waals surface area (Å²) < 4.78 is 34.3. The second-order valence-electron chi connectivity index (χ2n) is 8.48. The molecule has 37 heavy (non-hydrogen) atoms. The first-order chi connectivity index (χ1) is 17.9. The number of benzene rings is 2. The Hall–Kier alpha value is -4.94. The lowest BCUT2D eigenvalue weighted by Crippen LogP contribution is -2.46. The molecular weight excluding hydrogens is 482 g/mol. The van der Waals surface area contributed by atoms with Gasteiger partial charge in [0.05, 0.1) is 12.1 Å². The number of hydrogen-bond donors (Lipinski definition) is 3. The van der Waals surface area contributed by atoms with Crippen LogP contribution < -0.4 is 20.7 Å². The molecule has 0 saturated carbocycles. The molecule has 186 valence electrons. The number of guanidine groups is 1. The van der Waals surface area contributed by atoms with Crippen molar-refractivity contribution in [2.75, 3.05) is 23.7 Å². The molecule has 6 rings (SSSR count). The highest BCUT2D eigenvalue weighted by Gasteiger charge is 2.32. The second kappa shape index (κ2) is 8.93. The molecule has 0 amide bonds. The van der Waals surface area contributed by atoms with Gasteiger partial charge in [0.2, 0.25) is 5.88 Å². The summed E-state index contributed by atoms with van der Waals surface area (Å²) in [5.74, 6) is -0.912. The van der Waals surface area contributed by atoms with Gasteiger partial charge in [0.1, 0.15) is 37.1 Å². The highest BCUT2D eigenvalue weighted by atomic mass is 19.3. The van der Waals surface area contributed by atoms with Gasteiger partial charge in [0.25, 0.3) is 5.92 Å². The van der Waals surface area contributed by atoms with E-state index in [1.165, 1.54) is 6.33 Å². The minimum atomic E-state index is -2.85. The standard InChI is InChI=1S/C24H20F2N10O/c1-14-6-15(3-5-19(14)37-21-8-20-35-32-13-36(20)12-31-21)33-22-17-7-16(2-4-18(17)29-11-30-22)34-23-27-9-24(25,26)10-28-23/h2-8,11-13H,9-10H2,1H3,(H2,27,28,34)(H,29,30,33). The molecule has 11 nitrogen and oxygen atoms in total. The zero-order chi connectivity index (χ0) is 25.4. The third-order valence-corrected chi connectivity index (χ3v) is 5.70. The summed E-state index contributed by atoms with van der Waals surface area (Å²) in [4.78, 5) is 16.9. The fourth-order valence-electron chi connectivity index (χ4n) is 3.83. The van der Waals surface area contributed by atoms with Crippen LogP contribution >= 0.6 is 0 Å². The largest absolute Gasteiger partial charge is 0.439 e. The molecule has 13 heteroatoms. The SMILES string of the molecule is Cc1cc(Nc2ncnc3ccc(NC4=NCC(F)(F)CN4)cc23)ccc1Oc1cc2nncn2cn1. The molecule has 0 radical (unpaired) electrons. The van der Waals surface area contributed by atoms with Crippen LogP contribution in [0, 0.1) is 6.92 Å². The number of halogens is 2. The van der Waals surface area contributed by atoms with E-state index < -0.39 is 19.0 Å². The van der Waals surface area contributed by atoms with Gasteiger partial charge in [-0.25, -0.2) is 28.7 Å². The van der Waals surface area contributed by atoms with Crippen LogP contribution in [-0.2, 0) is 0 Å². The van der Waals surface area contributed by atoms with Crippen LogP contribution in [0.4, 0.5) is 26.0 Å². The zero-order valence-electron chi connectivity index (χ0n) is 19.5. The number of alkyl halides is 2. The Morgan fingerprint density at radius 1 is 1.00 bits per heavy atom. The first-order valence-electron chi connectivity index (χ1n) is 11.3. The van der Waals surface area contributed by atoms with E-state index in [4.69, 9.17) is 4.74 Å². The van der Waals surface area contributed by atoms with Crippen molar-refractivity contribution in [2.24, 2.45) is 4.99 Å². The smallest absolute Gasteiger partial charge is 0.284 e. The fraction of sp³-hybridized carbons (Fsp3) is 0.167.